The number of carbonyl (C=O) groups excluding carboxylic acids is 1. The van der Waals surface area contributed by atoms with E-state index < -0.39 is 11.5 Å². The minimum Gasteiger partial charge on any atom is -0.477 e. The summed E-state index contributed by atoms with van der Waals surface area (Å²) in [6.07, 6.45) is 2.03. The number of imidazole rings is 1. The summed E-state index contributed by atoms with van der Waals surface area (Å²) >= 11 is 0. The van der Waals surface area contributed by atoms with Crippen LogP contribution in [0.5, 0.6) is 0 Å². The van der Waals surface area contributed by atoms with Crippen molar-refractivity contribution in [1.29, 1.82) is 0 Å². The summed E-state index contributed by atoms with van der Waals surface area (Å²) in [5, 5.41) is 9.58. The van der Waals surface area contributed by atoms with Gasteiger partial charge < -0.3 is 19.1 Å². The molecule has 8 nitrogen and oxygen atoms in total. The highest BCUT2D eigenvalue weighted by atomic mass is 16.4. The molecule has 0 saturated heterocycles. The number of hydrogen-bond donors (Lipinski definition) is 1. The molecule has 8 heteroatoms. The molecule has 0 aliphatic carbocycles. The zero-order chi connectivity index (χ0) is 19.2. The molecule has 3 heterocycles. The van der Waals surface area contributed by atoms with Crippen molar-refractivity contribution in [3.8, 4) is 0 Å². The lowest BCUT2D eigenvalue weighted by atomic mass is 9.96. The maximum atomic E-state index is 12.8. The van der Waals surface area contributed by atoms with Gasteiger partial charge in [0.1, 0.15) is 11.4 Å². The summed E-state index contributed by atoms with van der Waals surface area (Å²) in [7, 11) is 1.86. The Morgan fingerprint density at radius 2 is 2.00 bits per heavy atom. The van der Waals surface area contributed by atoms with Crippen molar-refractivity contribution in [1.82, 2.24) is 19.0 Å². The van der Waals surface area contributed by atoms with Gasteiger partial charge in [-0.2, -0.15) is 0 Å². The van der Waals surface area contributed by atoms with Crippen LogP contribution in [0.3, 0.4) is 0 Å². The smallest absolute Gasteiger partial charge is 0.341 e. The lowest BCUT2D eigenvalue weighted by Crippen LogP contribution is -2.39. The SMILES string of the molecule is CC(=O)N1CCc2c(cn(Cc3nc(C)c(C)n3C)c(=O)c2C(=O)O)C1. The Labute approximate surface area is 150 Å². The van der Waals surface area contributed by atoms with Crippen LogP contribution in [-0.4, -0.2) is 42.5 Å². The van der Waals surface area contributed by atoms with Crippen LogP contribution in [0.15, 0.2) is 11.0 Å². The van der Waals surface area contributed by atoms with Crippen LogP contribution in [0, 0.1) is 13.8 Å². The van der Waals surface area contributed by atoms with Crippen molar-refractivity contribution in [2.75, 3.05) is 6.54 Å². The third-order valence-electron chi connectivity index (χ3n) is 5.15. The molecule has 3 rings (SSSR count). The number of carbonyl (C=O) groups is 2. The molecule has 1 aliphatic heterocycles. The number of carboxylic acids is 1. The fraction of sp³-hybridized carbons (Fsp3) is 0.444. The molecule has 1 aliphatic rings. The predicted molar refractivity (Wildman–Crippen MR) is 94.2 cm³/mol. The van der Waals surface area contributed by atoms with Crippen LogP contribution in [0.1, 0.15) is 45.6 Å². The van der Waals surface area contributed by atoms with Crippen LogP contribution in [-0.2, 0) is 31.4 Å². The van der Waals surface area contributed by atoms with E-state index in [4.69, 9.17) is 0 Å². The zero-order valence-corrected chi connectivity index (χ0v) is 15.4. The van der Waals surface area contributed by atoms with E-state index in [0.29, 0.717) is 36.5 Å². The van der Waals surface area contributed by atoms with E-state index in [0.717, 1.165) is 11.4 Å². The first-order valence-corrected chi connectivity index (χ1v) is 8.43. The van der Waals surface area contributed by atoms with Crippen molar-refractivity contribution in [3.63, 3.8) is 0 Å². The maximum Gasteiger partial charge on any atom is 0.341 e. The first kappa shape index (κ1) is 17.9. The molecule has 1 N–H and O–H groups in total. The van der Waals surface area contributed by atoms with Gasteiger partial charge in [0.05, 0.1) is 12.2 Å². The number of carboxylic acid groups (broad SMARTS) is 1. The normalized spacial score (nSPS) is 13.6. The molecular formula is C18H22N4O4. The molecule has 1 amide bonds. The summed E-state index contributed by atoms with van der Waals surface area (Å²) in [5.74, 6) is -0.623. The van der Waals surface area contributed by atoms with Crippen LogP contribution in [0.4, 0.5) is 0 Å². The van der Waals surface area contributed by atoms with E-state index in [1.807, 2.05) is 25.5 Å². The number of amides is 1. The molecule has 0 aromatic carbocycles. The highest BCUT2D eigenvalue weighted by molar-refractivity contribution is 5.89. The topological polar surface area (TPSA) is 97.4 Å². The van der Waals surface area contributed by atoms with E-state index in [9.17, 15) is 19.5 Å². The average molecular weight is 358 g/mol. The lowest BCUT2D eigenvalue weighted by Gasteiger charge is -2.29. The molecular weight excluding hydrogens is 336 g/mol. The van der Waals surface area contributed by atoms with Crippen molar-refractivity contribution in [2.45, 2.75) is 40.3 Å². The Morgan fingerprint density at radius 3 is 2.54 bits per heavy atom. The van der Waals surface area contributed by atoms with Gasteiger partial charge in [0.25, 0.3) is 5.56 Å². The molecule has 0 unspecified atom stereocenters. The van der Waals surface area contributed by atoms with E-state index >= 15 is 0 Å². The van der Waals surface area contributed by atoms with Gasteiger partial charge in [0, 0.05) is 39.0 Å². The van der Waals surface area contributed by atoms with Crippen molar-refractivity contribution < 1.29 is 14.7 Å². The number of aromatic carboxylic acids is 1. The summed E-state index contributed by atoms with van der Waals surface area (Å²) in [5.41, 5.74) is 2.36. The number of hydrogen-bond acceptors (Lipinski definition) is 4. The highest BCUT2D eigenvalue weighted by Crippen LogP contribution is 2.21. The standard InChI is InChI=1S/C18H22N4O4/c1-10-11(2)20(4)15(19-10)9-22-8-13-7-21(12(3)23)6-5-14(13)16(17(22)24)18(25)26/h8H,5-7,9H2,1-4H3,(H,25,26). The first-order chi connectivity index (χ1) is 12.2. The molecule has 138 valence electrons. The quantitative estimate of drug-likeness (QED) is 0.877. The third-order valence-corrected chi connectivity index (χ3v) is 5.15. The number of aryl methyl sites for hydroxylation is 1. The molecule has 0 bridgehead atoms. The fourth-order valence-corrected chi connectivity index (χ4v) is 3.40. The molecule has 2 aromatic heterocycles. The Morgan fingerprint density at radius 1 is 1.31 bits per heavy atom. The molecule has 0 saturated carbocycles. The van der Waals surface area contributed by atoms with Crippen molar-refractivity contribution in [2.24, 2.45) is 7.05 Å². The molecule has 0 radical (unpaired) electrons. The van der Waals surface area contributed by atoms with Gasteiger partial charge in [0.2, 0.25) is 5.91 Å². The van der Waals surface area contributed by atoms with Crippen molar-refractivity contribution in [3.05, 3.63) is 50.5 Å². The largest absolute Gasteiger partial charge is 0.477 e. The number of nitrogens with zero attached hydrogens (tertiary/aromatic N) is 4. The van der Waals surface area contributed by atoms with Gasteiger partial charge in [-0.15, -0.1) is 0 Å². The minimum absolute atomic E-state index is 0.0689. The van der Waals surface area contributed by atoms with Crippen LogP contribution in [0.25, 0.3) is 0 Å². The molecule has 26 heavy (non-hydrogen) atoms. The predicted octanol–water partition coefficient (Wildman–Crippen LogP) is 0.850. The van der Waals surface area contributed by atoms with E-state index in [1.54, 1.807) is 11.1 Å². The first-order valence-electron chi connectivity index (χ1n) is 8.43. The van der Waals surface area contributed by atoms with Gasteiger partial charge in [-0.3, -0.25) is 9.59 Å². The van der Waals surface area contributed by atoms with Gasteiger partial charge in [-0.1, -0.05) is 0 Å². The molecule has 0 atom stereocenters. The number of fused-ring (bicyclic) bond motifs is 1. The van der Waals surface area contributed by atoms with E-state index in [-0.39, 0.29) is 18.0 Å². The Kier molecular flexibility index (Phi) is 4.43. The van der Waals surface area contributed by atoms with Crippen molar-refractivity contribution >= 4 is 11.9 Å². The third kappa shape index (κ3) is 2.91. The number of pyridine rings is 1. The second-order valence-corrected chi connectivity index (χ2v) is 6.69. The van der Waals surface area contributed by atoms with Crippen LogP contribution < -0.4 is 5.56 Å². The Balaban J connectivity index is 2.11. The summed E-state index contributed by atoms with van der Waals surface area (Å²) in [6.45, 7) is 6.22. The minimum atomic E-state index is -1.23. The maximum absolute atomic E-state index is 12.8. The zero-order valence-electron chi connectivity index (χ0n) is 15.4. The molecule has 0 fully saturated rings. The second kappa shape index (κ2) is 6.44. The second-order valence-electron chi connectivity index (χ2n) is 6.69. The monoisotopic (exact) mass is 358 g/mol. The summed E-state index contributed by atoms with van der Waals surface area (Å²) in [4.78, 5) is 42.3. The number of aromatic nitrogens is 3. The van der Waals surface area contributed by atoms with Gasteiger partial charge >= 0.3 is 5.97 Å². The lowest BCUT2D eigenvalue weighted by molar-refractivity contribution is -0.129. The van der Waals surface area contributed by atoms with Gasteiger partial charge in [0.15, 0.2) is 0 Å². The summed E-state index contributed by atoms with van der Waals surface area (Å²) < 4.78 is 3.27. The van der Waals surface area contributed by atoms with Gasteiger partial charge in [-0.25, -0.2) is 9.78 Å². The molecule has 0 spiro atoms. The van der Waals surface area contributed by atoms with Crippen LogP contribution >= 0.6 is 0 Å². The molecule has 2 aromatic rings. The fourth-order valence-electron chi connectivity index (χ4n) is 3.40. The van der Waals surface area contributed by atoms with E-state index in [2.05, 4.69) is 4.98 Å². The summed E-state index contributed by atoms with van der Waals surface area (Å²) in [6, 6.07) is 0. The Hall–Kier alpha value is -2.90. The van der Waals surface area contributed by atoms with Crippen LogP contribution in [0.2, 0.25) is 0 Å². The average Bonchev–Trinajstić information content (AvgIpc) is 2.81. The van der Waals surface area contributed by atoms with E-state index in [1.165, 1.54) is 11.5 Å². The highest BCUT2D eigenvalue weighted by Gasteiger charge is 2.27. The number of rotatable bonds is 3. The Bertz CT molecular complexity index is 971. The van der Waals surface area contributed by atoms with Gasteiger partial charge in [-0.05, 0) is 31.4 Å².